The largest absolute Gasteiger partial charge is 0.373 e. The van der Waals surface area contributed by atoms with Gasteiger partial charge in [-0.05, 0) is 43.7 Å². The number of likely N-dealkylation sites (N-methyl/N-ethyl adjacent to an activating group) is 1. The first-order valence-corrected chi connectivity index (χ1v) is 7.75. The van der Waals surface area contributed by atoms with Crippen molar-refractivity contribution in [2.45, 2.75) is 33.3 Å². The summed E-state index contributed by atoms with van der Waals surface area (Å²) in [5.41, 5.74) is 3.07. The number of hydrogen-bond acceptors (Lipinski definition) is 2. The van der Waals surface area contributed by atoms with Crippen LogP contribution in [-0.4, -0.2) is 37.7 Å². The molecule has 2 heteroatoms. The molecule has 0 aromatic rings. The first-order valence-electron chi connectivity index (χ1n) is 7.75. The van der Waals surface area contributed by atoms with E-state index in [0.29, 0.717) is 23.9 Å². The fourth-order valence-electron chi connectivity index (χ4n) is 4.42. The van der Waals surface area contributed by atoms with E-state index >= 15 is 0 Å². The first kappa shape index (κ1) is 13.4. The third-order valence-electron chi connectivity index (χ3n) is 5.50. The van der Waals surface area contributed by atoms with Gasteiger partial charge in [-0.25, -0.2) is 0 Å². The van der Waals surface area contributed by atoms with Crippen LogP contribution in [0.5, 0.6) is 0 Å². The zero-order chi connectivity index (χ0) is 13.6. The van der Waals surface area contributed by atoms with Gasteiger partial charge in [-0.2, -0.15) is 0 Å². The molecule has 1 aliphatic carbocycles. The molecule has 0 spiro atoms. The van der Waals surface area contributed by atoms with Gasteiger partial charge in [-0.15, -0.1) is 0 Å². The highest BCUT2D eigenvalue weighted by Crippen LogP contribution is 2.46. The average Bonchev–Trinajstić information content (AvgIpc) is 2.35. The molecule has 3 aliphatic rings. The van der Waals surface area contributed by atoms with E-state index in [1.807, 2.05) is 0 Å². The second-order valence-corrected chi connectivity index (χ2v) is 6.88. The Morgan fingerprint density at radius 3 is 2.84 bits per heavy atom. The van der Waals surface area contributed by atoms with E-state index in [2.05, 4.69) is 44.9 Å². The molecule has 0 amide bonds. The summed E-state index contributed by atoms with van der Waals surface area (Å²) in [7, 11) is 2.22. The van der Waals surface area contributed by atoms with Gasteiger partial charge in [0.2, 0.25) is 0 Å². The second-order valence-electron chi connectivity index (χ2n) is 6.88. The van der Waals surface area contributed by atoms with Crippen LogP contribution in [0, 0.1) is 23.7 Å². The molecular formula is C17H27NO. The number of fused-ring (bicyclic) bond motifs is 2. The standard InChI is InChI=1S/C17H27NO/c1-11-8-12(2)16-13(3)15(11)10-19-17(16)14-6-5-7-18(4)9-14/h6,8,11,13,15-17H,5,7,9-10H2,1-4H3. The first-order chi connectivity index (χ1) is 9.08. The summed E-state index contributed by atoms with van der Waals surface area (Å²) in [5, 5.41) is 0. The summed E-state index contributed by atoms with van der Waals surface area (Å²) in [6.07, 6.45) is 6.44. The lowest BCUT2D eigenvalue weighted by atomic mass is 9.64. The fourth-order valence-corrected chi connectivity index (χ4v) is 4.42. The normalized spacial score (nSPS) is 43.7. The maximum Gasteiger partial charge on any atom is 0.0865 e. The van der Waals surface area contributed by atoms with Gasteiger partial charge < -0.3 is 9.64 Å². The molecule has 1 fully saturated rings. The number of allylic oxidation sites excluding steroid dienone is 1. The summed E-state index contributed by atoms with van der Waals surface area (Å²) in [6.45, 7) is 10.3. The van der Waals surface area contributed by atoms with Crippen LogP contribution in [0.1, 0.15) is 27.2 Å². The van der Waals surface area contributed by atoms with Crippen molar-refractivity contribution < 1.29 is 4.74 Å². The lowest BCUT2D eigenvalue weighted by Crippen LogP contribution is -2.48. The summed E-state index contributed by atoms with van der Waals surface area (Å²) in [6, 6.07) is 0. The molecular weight excluding hydrogens is 234 g/mol. The van der Waals surface area contributed by atoms with Crippen molar-refractivity contribution in [1.82, 2.24) is 4.90 Å². The van der Waals surface area contributed by atoms with E-state index in [-0.39, 0.29) is 0 Å². The minimum Gasteiger partial charge on any atom is -0.373 e. The SMILES string of the molecule is CC1=CC(C)C2COC(C3=CCCN(C)C3)C1C2C. The molecule has 0 N–H and O–H groups in total. The highest BCUT2D eigenvalue weighted by Gasteiger charge is 2.44. The van der Waals surface area contributed by atoms with Crippen LogP contribution in [0.25, 0.3) is 0 Å². The average molecular weight is 261 g/mol. The Balaban J connectivity index is 1.88. The Morgan fingerprint density at radius 2 is 2.11 bits per heavy atom. The Bertz CT molecular complexity index is 411. The Morgan fingerprint density at radius 1 is 1.32 bits per heavy atom. The highest BCUT2D eigenvalue weighted by atomic mass is 16.5. The van der Waals surface area contributed by atoms with Crippen LogP contribution >= 0.6 is 0 Å². The molecule has 0 radical (unpaired) electrons. The molecule has 2 heterocycles. The third-order valence-corrected chi connectivity index (χ3v) is 5.50. The van der Waals surface area contributed by atoms with E-state index in [4.69, 9.17) is 4.74 Å². The quantitative estimate of drug-likeness (QED) is 0.673. The molecule has 0 aromatic heterocycles. The maximum atomic E-state index is 6.31. The van der Waals surface area contributed by atoms with Crippen molar-refractivity contribution in [3.63, 3.8) is 0 Å². The zero-order valence-corrected chi connectivity index (χ0v) is 12.7. The molecule has 0 aromatic carbocycles. The van der Waals surface area contributed by atoms with Crippen LogP contribution in [0.2, 0.25) is 0 Å². The summed E-state index contributed by atoms with van der Waals surface area (Å²) in [5.74, 6) is 2.75. The third kappa shape index (κ3) is 2.30. The Labute approximate surface area is 117 Å². The van der Waals surface area contributed by atoms with E-state index in [9.17, 15) is 0 Å². The van der Waals surface area contributed by atoms with Gasteiger partial charge in [-0.3, -0.25) is 0 Å². The highest BCUT2D eigenvalue weighted by molar-refractivity contribution is 5.25. The van der Waals surface area contributed by atoms with Crippen molar-refractivity contribution in [3.05, 3.63) is 23.3 Å². The van der Waals surface area contributed by atoms with Crippen LogP contribution in [0.3, 0.4) is 0 Å². The second kappa shape index (κ2) is 5.06. The van der Waals surface area contributed by atoms with Crippen LogP contribution in [-0.2, 0) is 4.74 Å². The predicted octanol–water partition coefficient (Wildman–Crippen LogP) is 3.11. The monoisotopic (exact) mass is 261 g/mol. The van der Waals surface area contributed by atoms with E-state index in [1.165, 1.54) is 18.5 Å². The molecule has 106 valence electrons. The molecule has 5 atom stereocenters. The fraction of sp³-hybridized carbons (Fsp3) is 0.765. The summed E-state index contributed by atoms with van der Waals surface area (Å²) < 4.78 is 6.31. The topological polar surface area (TPSA) is 12.5 Å². The summed E-state index contributed by atoms with van der Waals surface area (Å²) >= 11 is 0. The predicted molar refractivity (Wildman–Crippen MR) is 79.0 cm³/mol. The maximum absolute atomic E-state index is 6.31. The Hall–Kier alpha value is -0.600. The minimum absolute atomic E-state index is 0.331. The van der Waals surface area contributed by atoms with Gasteiger partial charge in [0.1, 0.15) is 0 Å². The lowest BCUT2D eigenvalue weighted by Gasteiger charge is -2.49. The molecule has 0 saturated carbocycles. The van der Waals surface area contributed by atoms with Crippen LogP contribution in [0.4, 0.5) is 0 Å². The van der Waals surface area contributed by atoms with E-state index in [1.54, 1.807) is 5.57 Å². The molecule has 2 nitrogen and oxygen atoms in total. The molecule has 5 unspecified atom stereocenters. The smallest absolute Gasteiger partial charge is 0.0865 e. The summed E-state index contributed by atoms with van der Waals surface area (Å²) in [4.78, 5) is 2.42. The van der Waals surface area contributed by atoms with Crippen molar-refractivity contribution >= 4 is 0 Å². The van der Waals surface area contributed by atoms with Gasteiger partial charge in [0, 0.05) is 19.0 Å². The van der Waals surface area contributed by atoms with Gasteiger partial charge >= 0.3 is 0 Å². The van der Waals surface area contributed by atoms with E-state index in [0.717, 1.165) is 19.1 Å². The van der Waals surface area contributed by atoms with Crippen molar-refractivity contribution in [1.29, 1.82) is 0 Å². The van der Waals surface area contributed by atoms with Crippen LogP contribution < -0.4 is 0 Å². The molecule has 19 heavy (non-hydrogen) atoms. The van der Waals surface area contributed by atoms with E-state index < -0.39 is 0 Å². The molecule has 2 bridgehead atoms. The zero-order valence-electron chi connectivity index (χ0n) is 12.7. The molecule has 3 rings (SSSR count). The van der Waals surface area contributed by atoms with Crippen molar-refractivity contribution in [2.24, 2.45) is 23.7 Å². The number of nitrogens with zero attached hydrogens (tertiary/aromatic N) is 1. The van der Waals surface area contributed by atoms with Gasteiger partial charge in [0.15, 0.2) is 0 Å². The van der Waals surface area contributed by atoms with Crippen LogP contribution in [0.15, 0.2) is 23.3 Å². The van der Waals surface area contributed by atoms with Gasteiger partial charge in [0.05, 0.1) is 12.7 Å². The number of ether oxygens (including phenoxy) is 1. The van der Waals surface area contributed by atoms with Crippen molar-refractivity contribution in [2.75, 3.05) is 26.7 Å². The molecule has 1 saturated heterocycles. The Kier molecular flexibility index (Phi) is 3.57. The van der Waals surface area contributed by atoms with Gasteiger partial charge in [0.25, 0.3) is 0 Å². The van der Waals surface area contributed by atoms with Crippen molar-refractivity contribution in [3.8, 4) is 0 Å². The number of rotatable bonds is 1. The molecule has 2 aliphatic heterocycles. The lowest BCUT2D eigenvalue weighted by molar-refractivity contribution is -0.0762. The minimum atomic E-state index is 0.331. The van der Waals surface area contributed by atoms with Gasteiger partial charge in [-0.1, -0.05) is 31.6 Å². The number of hydrogen-bond donors (Lipinski definition) is 0.